The van der Waals surface area contributed by atoms with Crippen molar-refractivity contribution in [2.24, 2.45) is 0 Å². The van der Waals surface area contributed by atoms with Crippen molar-refractivity contribution in [3.63, 3.8) is 0 Å². The smallest absolute Gasteiger partial charge is 0.262 e. The molecular formula is C7H8ClNO4S. The second kappa shape index (κ2) is 3.36. The van der Waals surface area contributed by atoms with Crippen LogP contribution in [0, 0.1) is 10.1 Å². The summed E-state index contributed by atoms with van der Waals surface area (Å²) in [6.07, 6.45) is 4.42. The lowest BCUT2D eigenvalue weighted by Gasteiger charge is -2.16. The number of nitrogens with zero attached hydrogens (tertiary/aromatic N) is 1. The SMILES string of the molecule is CS(=O)(=O)C1=CCC(Cl)([N+](=O)[O-])C=C1. The Morgan fingerprint density at radius 1 is 1.64 bits per heavy atom. The Morgan fingerprint density at radius 2 is 2.21 bits per heavy atom. The van der Waals surface area contributed by atoms with Crippen LogP contribution in [0.4, 0.5) is 0 Å². The number of alkyl halides is 1. The van der Waals surface area contributed by atoms with E-state index < -0.39 is 19.8 Å². The molecule has 1 unspecified atom stereocenters. The van der Waals surface area contributed by atoms with Crippen LogP contribution >= 0.6 is 11.6 Å². The fourth-order valence-electron chi connectivity index (χ4n) is 1.00. The van der Waals surface area contributed by atoms with Crippen molar-refractivity contribution in [3.8, 4) is 0 Å². The van der Waals surface area contributed by atoms with Crippen LogP contribution in [0.2, 0.25) is 0 Å². The van der Waals surface area contributed by atoms with Gasteiger partial charge >= 0.3 is 5.00 Å². The van der Waals surface area contributed by atoms with E-state index in [1.54, 1.807) is 0 Å². The lowest BCUT2D eigenvalue weighted by atomic mass is 10.1. The summed E-state index contributed by atoms with van der Waals surface area (Å²) in [6, 6.07) is 0. The van der Waals surface area contributed by atoms with Gasteiger partial charge in [-0.3, -0.25) is 10.1 Å². The van der Waals surface area contributed by atoms with E-state index in [2.05, 4.69) is 0 Å². The van der Waals surface area contributed by atoms with Crippen molar-refractivity contribution in [2.75, 3.05) is 6.26 Å². The highest BCUT2D eigenvalue weighted by molar-refractivity contribution is 7.94. The van der Waals surface area contributed by atoms with Crippen molar-refractivity contribution in [1.82, 2.24) is 0 Å². The normalized spacial score (nSPS) is 27.1. The first-order chi connectivity index (χ1) is 6.26. The first kappa shape index (κ1) is 11.2. The first-order valence-corrected chi connectivity index (χ1v) is 5.95. The van der Waals surface area contributed by atoms with Crippen molar-refractivity contribution in [2.45, 2.75) is 11.4 Å². The number of sulfone groups is 1. The topological polar surface area (TPSA) is 77.3 Å². The third-order valence-electron chi connectivity index (χ3n) is 1.82. The molecule has 0 aliphatic heterocycles. The van der Waals surface area contributed by atoms with E-state index in [0.717, 1.165) is 18.4 Å². The Balaban J connectivity index is 2.98. The summed E-state index contributed by atoms with van der Waals surface area (Å²) in [5.74, 6) is 0. The maximum absolute atomic E-state index is 11.0. The standard InChI is InChI=1S/C7H8ClNO4S/c1-14(12,13)6-2-4-7(8,5-3-6)9(10)11/h2-4H,5H2,1H3. The molecule has 1 aliphatic carbocycles. The fraction of sp³-hybridized carbons (Fsp3) is 0.429. The second-order valence-corrected chi connectivity index (χ2v) is 5.66. The van der Waals surface area contributed by atoms with Gasteiger partial charge in [-0.15, -0.1) is 0 Å². The summed E-state index contributed by atoms with van der Waals surface area (Å²) in [5.41, 5.74) is 0. The van der Waals surface area contributed by atoms with Gasteiger partial charge in [-0.25, -0.2) is 8.42 Å². The number of hydrogen-bond acceptors (Lipinski definition) is 4. The van der Waals surface area contributed by atoms with Gasteiger partial charge < -0.3 is 0 Å². The van der Waals surface area contributed by atoms with Gasteiger partial charge in [0.05, 0.1) is 11.3 Å². The molecule has 0 aromatic heterocycles. The van der Waals surface area contributed by atoms with Gasteiger partial charge in [-0.1, -0.05) is 6.08 Å². The number of halogens is 1. The van der Waals surface area contributed by atoms with Crippen molar-refractivity contribution in [1.29, 1.82) is 0 Å². The van der Waals surface area contributed by atoms with Crippen molar-refractivity contribution in [3.05, 3.63) is 33.2 Å². The minimum atomic E-state index is -3.31. The Labute approximate surface area is 86.1 Å². The molecule has 0 heterocycles. The van der Waals surface area contributed by atoms with E-state index in [9.17, 15) is 18.5 Å². The highest BCUT2D eigenvalue weighted by atomic mass is 35.5. The maximum atomic E-state index is 11.0. The van der Waals surface area contributed by atoms with E-state index in [-0.39, 0.29) is 11.3 Å². The molecule has 0 bridgehead atoms. The van der Waals surface area contributed by atoms with Crippen molar-refractivity contribution < 1.29 is 13.3 Å². The number of rotatable bonds is 2. The average molecular weight is 238 g/mol. The minimum absolute atomic E-state index is 0.0654. The molecule has 1 aliphatic rings. The maximum Gasteiger partial charge on any atom is 0.317 e. The van der Waals surface area contributed by atoms with Gasteiger partial charge in [0, 0.05) is 17.3 Å². The minimum Gasteiger partial charge on any atom is -0.262 e. The van der Waals surface area contributed by atoms with Crippen LogP contribution in [0.25, 0.3) is 0 Å². The lowest BCUT2D eigenvalue weighted by molar-refractivity contribution is -0.527. The fourth-order valence-corrected chi connectivity index (χ4v) is 1.84. The van der Waals surface area contributed by atoms with Crippen molar-refractivity contribution >= 4 is 21.4 Å². The summed E-state index contributed by atoms with van der Waals surface area (Å²) < 4.78 is 22.1. The van der Waals surface area contributed by atoms with E-state index in [1.807, 2.05) is 0 Å². The summed E-state index contributed by atoms with van der Waals surface area (Å²) in [6.45, 7) is 0. The van der Waals surface area contributed by atoms with Gasteiger partial charge in [0.15, 0.2) is 9.84 Å². The molecular weight excluding hydrogens is 230 g/mol. The largest absolute Gasteiger partial charge is 0.317 e. The number of hydrogen-bond donors (Lipinski definition) is 0. The van der Waals surface area contributed by atoms with Gasteiger partial charge in [-0.05, 0) is 17.7 Å². The quantitative estimate of drug-likeness (QED) is 0.312. The molecule has 0 spiro atoms. The molecule has 7 heteroatoms. The van der Waals surface area contributed by atoms with Crippen LogP contribution in [0.3, 0.4) is 0 Å². The van der Waals surface area contributed by atoms with Crippen LogP contribution in [0.5, 0.6) is 0 Å². The molecule has 0 radical (unpaired) electrons. The Bertz CT molecular complexity index is 425. The molecule has 5 nitrogen and oxygen atoms in total. The Hall–Kier alpha value is -0.880. The third kappa shape index (κ3) is 2.13. The van der Waals surface area contributed by atoms with Gasteiger partial charge in [0.1, 0.15) is 0 Å². The van der Waals surface area contributed by atoms with E-state index in [1.165, 1.54) is 6.08 Å². The molecule has 1 atom stereocenters. The molecule has 0 N–H and O–H groups in total. The summed E-state index contributed by atoms with van der Waals surface area (Å²) in [7, 11) is -3.31. The van der Waals surface area contributed by atoms with Gasteiger partial charge in [-0.2, -0.15) is 0 Å². The third-order valence-corrected chi connectivity index (χ3v) is 3.40. The number of nitro groups is 1. The molecule has 1 rings (SSSR count). The zero-order valence-electron chi connectivity index (χ0n) is 7.31. The molecule has 78 valence electrons. The Kier molecular flexibility index (Phi) is 2.69. The molecule has 0 aromatic carbocycles. The average Bonchev–Trinajstić information content (AvgIpc) is 2.03. The molecule has 14 heavy (non-hydrogen) atoms. The predicted octanol–water partition coefficient (Wildman–Crippen LogP) is 1.09. The van der Waals surface area contributed by atoms with E-state index in [0.29, 0.717) is 0 Å². The van der Waals surface area contributed by atoms with Gasteiger partial charge in [0.25, 0.3) is 0 Å². The van der Waals surface area contributed by atoms with Crippen LogP contribution < -0.4 is 0 Å². The molecule has 0 saturated heterocycles. The van der Waals surface area contributed by atoms with Crippen LogP contribution in [-0.4, -0.2) is 24.6 Å². The number of allylic oxidation sites excluding steroid dienone is 1. The zero-order chi connectivity index (χ0) is 11.0. The Morgan fingerprint density at radius 3 is 2.50 bits per heavy atom. The molecule has 0 fully saturated rings. The summed E-state index contributed by atoms with van der Waals surface area (Å²) in [5, 5.41) is 10.5. The monoisotopic (exact) mass is 237 g/mol. The van der Waals surface area contributed by atoms with Crippen LogP contribution in [-0.2, 0) is 9.84 Å². The predicted molar refractivity (Wildman–Crippen MR) is 52.3 cm³/mol. The van der Waals surface area contributed by atoms with Crippen LogP contribution in [0.1, 0.15) is 6.42 Å². The highest BCUT2D eigenvalue weighted by Gasteiger charge is 2.38. The first-order valence-electron chi connectivity index (χ1n) is 3.68. The molecule has 0 aromatic rings. The zero-order valence-corrected chi connectivity index (χ0v) is 8.88. The van der Waals surface area contributed by atoms with Crippen LogP contribution in [0.15, 0.2) is 23.1 Å². The van der Waals surface area contributed by atoms with E-state index >= 15 is 0 Å². The lowest BCUT2D eigenvalue weighted by Crippen LogP contribution is -2.30. The summed E-state index contributed by atoms with van der Waals surface area (Å²) >= 11 is 5.60. The molecule has 0 amide bonds. The second-order valence-electron chi connectivity index (χ2n) is 2.99. The van der Waals surface area contributed by atoms with Gasteiger partial charge in [0.2, 0.25) is 0 Å². The highest BCUT2D eigenvalue weighted by Crippen LogP contribution is 2.29. The van der Waals surface area contributed by atoms with E-state index in [4.69, 9.17) is 11.6 Å². The molecule has 0 saturated carbocycles. The summed E-state index contributed by atoms with van der Waals surface area (Å²) in [4.78, 5) is 8.19.